The van der Waals surface area contributed by atoms with Gasteiger partial charge in [-0.2, -0.15) is 0 Å². The molecule has 1 aromatic rings. The highest BCUT2D eigenvalue weighted by Crippen LogP contribution is 2.21. The average molecular weight is 383 g/mol. The molecular formula is C19H29NO7. The van der Waals surface area contributed by atoms with Gasteiger partial charge < -0.3 is 30.5 Å². The third-order valence-corrected chi connectivity index (χ3v) is 3.05. The number of carboxylic acids is 2. The van der Waals surface area contributed by atoms with Crippen LogP contribution in [0.1, 0.15) is 31.9 Å². The first-order valence-corrected chi connectivity index (χ1v) is 8.36. The number of β-amino-alcohol motifs (C(OH)–C–C–N with tert-alkyl or cyclic N) is 1. The van der Waals surface area contributed by atoms with Gasteiger partial charge in [0.15, 0.2) is 0 Å². The van der Waals surface area contributed by atoms with Crippen LogP contribution in [-0.4, -0.2) is 63.8 Å². The van der Waals surface area contributed by atoms with E-state index in [1.807, 2.05) is 31.2 Å². The SMILES string of the molecule is Cc1ccc(OCC(O)CNC(C)(C)C)c(/C=C/CO)c1.O=C(O)C(=O)O. The van der Waals surface area contributed by atoms with Gasteiger partial charge in [0.05, 0.1) is 6.61 Å². The second-order valence-corrected chi connectivity index (χ2v) is 6.83. The molecule has 0 saturated carbocycles. The van der Waals surface area contributed by atoms with E-state index >= 15 is 0 Å². The lowest BCUT2D eigenvalue weighted by molar-refractivity contribution is -0.159. The molecule has 1 atom stereocenters. The van der Waals surface area contributed by atoms with Crippen molar-refractivity contribution in [3.63, 3.8) is 0 Å². The molecule has 1 unspecified atom stereocenters. The Morgan fingerprint density at radius 3 is 2.30 bits per heavy atom. The van der Waals surface area contributed by atoms with Crippen LogP contribution in [0, 0.1) is 6.92 Å². The number of aryl methyl sites for hydroxylation is 1. The summed E-state index contributed by atoms with van der Waals surface area (Å²) in [6.45, 7) is 8.87. The number of aliphatic hydroxyl groups is 2. The van der Waals surface area contributed by atoms with Crippen LogP contribution in [0.5, 0.6) is 5.75 Å². The van der Waals surface area contributed by atoms with E-state index in [0.29, 0.717) is 12.3 Å². The van der Waals surface area contributed by atoms with Crippen molar-refractivity contribution in [2.24, 2.45) is 0 Å². The lowest BCUT2D eigenvalue weighted by atomic mass is 10.1. The molecule has 152 valence electrons. The molecule has 0 saturated heterocycles. The highest BCUT2D eigenvalue weighted by Gasteiger charge is 2.13. The minimum atomic E-state index is -1.82. The van der Waals surface area contributed by atoms with Gasteiger partial charge in [-0.1, -0.05) is 23.8 Å². The zero-order valence-corrected chi connectivity index (χ0v) is 16.1. The first kappa shape index (κ1) is 24.6. The molecule has 8 nitrogen and oxygen atoms in total. The van der Waals surface area contributed by atoms with Crippen molar-refractivity contribution in [3.05, 3.63) is 35.4 Å². The fourth-order valence-corrected chi connectivity index (χ4v) is 1.78. The quantitative estimate of drug-likeness (QED) is 0.444. The van der Waals surface area contributed by atoms with Gasteiger partial charge in [0.25, 0.3) is 0 Å². The third kappa shape index (κ3) is 12.6. The number of nitrogens with one attached hydrogen (secondary N) is 1. The summed E-state index contributed by atoms with van der Waals surface area (Å²) in [4.78, 5) is 18.2. The van der Waals surface area contributed by atoms with E-state index in [2.05, 4.69) is 26.1 Å². The summed E-state index contributed by atoms with van der Waals surface area (Å²) in [5, 5.41) is 36.8. The predicted molar refractivity (Wildman–Crippen MR) is 102 cm³/mol. The molecule has 0 aliphatic rings. The van der Waals surface area contributed by atoms with E-state index in [1.54, 1.807) is 6.08 Å². The molecule has 0 fully saturated rings. The van der Waals surface area contributed by atoms with Crippen LogP contribution in [-0.2, 0) is 9.59 Å². The number of benzene rings is 1. The fourth-order valence-electron chi connectivity index (χ4n) is 1.78. The second kappa shape index (κ2) is 12.1. The van der Waals surface area contributed by atoms with Crippen LogP contribution in [0.3, 0.4) is 0 Å². The summed E-state index contributed by atoms with van der Waals surface area (Å²) in [5.41, 5.74) is 2.00. The minimum absolute atomic E-state index is 0.00842. The summed E-state index contributed by atoms with van der Waals surface area (Å²) < 4.78 is 5.69. The van der Waals surface area contributed by atoms with Crippen LogP contribution in [0.2, 0.25) is 0 Å². The van der Waals surface area contributed by atoms with Crippen molar-refractivity contribution >= 4 is 18.0 Å². The summed E-state index contributed by atoms with van der Waals surface area (Å²) in [7, 11) is 0. The molecule has 0 amide bonds. The highest BCUT2D eigenvalue weighted by atomic mass is 16.5. The number of ether oxygens (including phenoxy) is 1. The smallest absolute Gasteiger partial charge is 0.414 e. The zero-order valence-electron chi connectivity index (χ0n) is 16.1. The number of hydrogen-bond donors (Lipinski definition) is 5. The number of carbonyl (C=O) groups is 2. The fraction of sp³-hybridized carbons (Fsp3) is 0.474. The molecule has 0 heterocycles. The zero-order chi connectivity index (χ0) is 21.0. The number of rotatable bonds is 7. The topological polar surface area (TPSA) is 136 Å². The van der Waals surface area contributed by atoms with Gasteiger partial charge in [-0.3, -0.25) is 0 Å². The highest BCUT2D eigenvalue weighted by molar-refractivity contribution is 6.27. The summed E-state index contributed by atoms with van der Waals surface area (Å²) in [6, 6.07) is 5.84. The van der Waals surface area contributed by atoms with Gasteiger partial charge in [-0.25, -0.2) is 9.59 Å². The van der Waals surface area contributed by atoms with Crippen LogP contribution >= 0.6 is 0 Å². The first-order valence-electron chi connectivity index (χ1n) is 8.36. The third-order valence-electron chi connectivity index (χ3n) is 3.05. The van der Waals surface area contributed by atoms with Crippen LogP contribution in [0.15, 0.2) is 24.3 Å². The lowest BCUT2D eigenvalue weighted by Crippen LogP contribution is -2.42. The molecule has 0 aromatic heterocycles. The van der Waals surface area contributed by atoms with Gasteiger partial charge in [0.2, 0.25) is 0 Å². The Balaban J connectivity index is 0.000000972. The maximum Gasteiger partial charge on any atom is 0.414 e. The Bertz CT molecular complexity index is 623. The van der Waals surface area contributed by atoms with Crippen LogP contribution in [0.4, 0.5) is 0 Å². The van der Waals surface area contributed by atoms with Gasteiger partial charge in [0.1, 0.15) is 18.5 Å². The number of carboxylic acid groups (broad SMARTS) is 2. The normalized spacial score (nSPS) is 12.2. The summed E-state index contributed by atoms with van der Waals surface area (Å²) >= 11 is 0. The Labute approximate surface area is 159 Å². The Hall–Kier alpha value is -2.42. The second-order valence-electron chi connectivity index (χ2n) is 6.83. The predicted octanol–water partition coefficient (Wildman–Crippen LogP) is 1.28. The van der Waals surface area contributed by atoms with E-state index in [1.165, 1.54) is 0 Å². The van der Waals surface area contributed by atoms with Crippen molar-refractivity contribution in [2.45, 2.75) is 39.3 Å². The molecule has 0 bridgehead atoms. The van der Waals surface area contributed by atoms with E-state index in [4.69, 9.17) is 29.6 Å². The van der Waals surface area contributed by atoms with E-state index in [-0.39, 0.29) is 18.8 Å². The monoisotopic (exact) mass is 383 g/mol. The standard InChI is InChI=1S/C17H27NO3.C2H2O4/c1-13-7-8-16(14(10-13)6-5-9-19)21-12-15(20)11-18-17(2,3)4;3-1(4)2(5)6/h5-8,10,15,18-20H,9,11-12H2,1-4H3;(H,3,4)(H,5,6)/b6-5+;. The number of hydrogen-bond acceptors (Lipinski definition) is 6. The molecule has 0 aliphatic heterocycles. The molecule has 0 aliphatic carbocycles. The maximum absolute atomic E-state index is 9.95. The van der Waals surface area contributed by atoms with Crippen molar-refractivity contribution in [1.29, 1.82) is 0 Å². The van der Waals surface area contributed by atoms with E-state index in [0.717, 1.165) is 11.1 Å². The lowest BCUT2D eigenvalue weighted by Gasteiger charge is -2.23. The molecule has 0 spiro atoms. The van der Waals surface area contributed by atoms with Gasteiger partial charge in [-0.15, -0.1) is 0 Å². The summed E-state index contributed by atoms with van der Waals surface area (Å²) in [6.07, 6.45) is 2.92. The van der Waals surface area contributed by atoms with Gasteiger partial charge >= 0.3 is 11.9 Å². The summed E-state index contributed by atoms with van der Waals surface area (Å²) in [5.74, 6) is -2.94. The minimum Gasteiger partial charge on any atom is -0.490 e. The molecule has 5 N–H and O–H groups in total. The maximum atomic E-state index is 9.95. The van der Waals surface area contributed by atoms with Crippen molar-refractivity contribution in [3.8, 4) is 5.75 Å². The van der Waals surface area contributed by atoms with Crippen LogP contribution < -0.4 is 10.1 Å². The van der Waals surface area contributed by atoms with Crippen LogP contribution in [0.25, 0.3) is 6.08 Å². The molecule has 8 heteroatoms. The molecular weight excluding hydrogens is 354 g/mol. The van der Waals surface area contributed by atoms with Crippen molar-refractivity contribution < 1.29 is 34.8 Å². The average Bonchev–Trinajstić information content (AvgIpc) is 2.57. The Morgan fingerprint density at radius 1 is 1.22 bits per heavy atom. The van der Waals surface area contributed by atoms with Crippen molar-refractivity contribution in [1.82, 2.24) is 5.32 Å². The van der Waals surface area contributed by atoms with E-state index in [9.17, 15) is 5.11 Å². The number of aliphatic carboxylic acids is 2. The molecule has 1 rings (SSSR count). The molecule has 1 aromatic carbocycles. The molecule has 0 radical (unpaired) electrons. The van der Waals surface area contributed by atoms with Gasteiger partial charge in [-0.05, 0) is 39.8 Å². The van der Waals surface area contributed by atoms with E-state index < -0.39 is 18.0 Å². The molecule has 27 heavy (non-hydrogen) atoms. The first-order chi connectivity index (χ1) is 12.5. The number of aliphatic hydroxyl groups excluding tert-OH is 2. The Morgan fingerprint density at radius 2 is 1.81 bits per heavy atom. The Kier molecular flexibility index (Phi) is 11.0. The largest absolute Gasteiger partial charge is 0.490 e. The van der Waals surface area contributed by atoms with Crippen molar-refractivity contribution in [2.75, 3.05) is 19.8 Å². The van der Waals surface area contributed by atoms with Gasteiger partial charge in [0, 0.05) is 17.6 Å².